The number of benzene rings is 2. The fourth-order valence-corrected chi connectivity index (χ4v) is 2.63. The molecule has 26 heavy (non-hydrogen) atoms. The number of carbonyl (C=O) groups is 2. The summed E-state index contributed by atoms with van der Waals surface area (Å²) < 4.78 is 23.5. The molecule has 1 N–H and O–H groups in total. The summed E-state index contributed by atoms with van der Waals surface area (Å²) >= 11 is 0. The van der Waals surface area contributed by atoms with E-state index in [1.165, 1.54) is 24.0 Å². The van der Waals surface area contributed by atoms with Crippen LogP contribution in [0.1, 0.15) is 18.9 Å². The van der Waals surface area contributed by atoms with Gasteiger partial charge >= 0.3 is 0 Å². The van der Waals surface area contributed by atoms with Crippen molar-refractivity contribution in [1.82, 2.24) is 5.32 Å². The molecule has 3 rings (SSSR count). The van der Waals surface area contributed by atoms with Crippen LogP contribution in [0.25, 0.3) is 0 Å². The van der Waals surface area contributed by atoms with Crippen LogP contribution in [-0.2, 0) is 16.1 Å². The number of nitrogens with zero attached hydrogens (tertiary/aromatic N) is 1. The number of carbonyl (C=O) groups excluding carboxylic acids is 2. The number of ether oxygens (including phenoxy) is 2. The molecular weight excluding hydrogens is 339 g/mol. The molecule has 0 bridgehead atoms. The molecule has 0 radical (unpaired) electrons. The summed E-state index contributed by atoms with van der Waals surface area (Å²) in [5.74, 6) is 0.529. The Labute approximate surface area is 150 Å². The van der Waals surface area contributed by atoms with E-state index in [0.717, 1.165) is 5.56 Å². The third-order valence-electron chi connectivity index (χ3n) is 4.01. The molecular formula is C19H19FN2O4. The molecule has 0 aliphatic carbocycles. The van der Waals surface area contributed by atoms with Gasteiger partial charge in [0.15, 0.2) is 11.5 Å². The smallest absolute Gasteiger partial charge is 0.231 e. The van der Waals surface area contributed by atoms with Gasteiger partial charge in [-0.25, -0.2) is 4.39 Å². The highest BCUT2D eigenvalue weighted by atomic mass is 19.1. The number of hydrogen-bond acceptors (Lipinski definition) is 4. The van der Waals surface area contributed by atoms with Gasteiger partial charge in [0.05, 0.1) is 0 Å². The molecule has 2 amide bonds. The maximum atomic E-state index is 12.9. The van der Waals surface area contributed by atoms with Gasteiger partial charge in [-0.2, -0.15) is 0 Å². The van der Waals surface area contributed by atoms with Crippen molar-refractivity contribution in [2.24, 2.45) is 0 Å². The highest BCUT2D eigenvalue weighted by Gasteiger charge is 2.18. The predicted octanol–water partition coefficient (Wildman–Crippen LogP) is 2.61. The second kappa shape index (κ2) is 7.86. The Morgan fingerprint density at radius 1 is 1.12 bits per heavy atom. The lowest BCUT2D eigenvalue weighted by Gasteiger charge is -2.21. The standard InChI is InChI=1S/C19H19FN2O4/c1-13(23)22(16-6-7-17-18(10-16)26-12-25-17)9-8-19(24)21-11-14-2-4-15(20)5-3-14/h2-7,10H,8-9,11-12H2,1H3,(H,21,24). The van der Waals surface area contributed by atoms with Crippen molar-refractivity contribution >= 4 is 17.5 Å². The SMILES string of the molecule is CC(=O)N(CCC(=O)NCc1ccc(F)cc1)c1ccc2c(c1)OCO2. The Balaban J connectivity index is 1.56. The summed E-state index contributed by atoms with van der Waals surface area (Å²) in [7, 11) is 0. The first-order chi connectivity index (χ1) is 12.5. The van der Waals surface area contributed by atoms with E-state index in [4.69, 9.17) is 9.47 Å². The minimum absolute atomic E-state index is 0.148. The predicted molar refractivity (Wildman–Crippen MR) is 93.5 cm³/mol. The van der Waals surface area contributed by atoms with Crippen molar-refractivity contribution in [3.63, 3.8) is 0 Å². The van der Waals surface area contributed by atoms with Gasteiger partial charge in [-0.1, -0.05) is 12.1 Å². The Morgan fingerprint density at radius 3 is 2.58 bits per heavy atom. The van der Waals surface area contributed by atoms with Crippen LogP contribution < -0.4 is 19.7 Å². The maximum absolute atomic E-state index is 12.9. The molecule has 0 aromatic heterocycles. The quantitative estimate of drug-likeness (QED) is 0.862. The summed E-state index contributed by atoms with van der Waals surface area (Å²) in [6, 6.07) is 11.1. The summed E-state index contributed by atoms with van der Waals surface area (Å²) in [6.45, 7) is 2.15. The van der Waals surface area contributed by atoms with Gasteiger partial charge in [-0.3, -0.25) is 9.59 Å². The lowest BCUT2D eigenvalue weighted by atomic mass is 10.2. The minimum Gasteiger partial charge on any atom is -0.454 e. The first kappa shape index (κ1) is 17.7. The van der Waals surface area contributed by atoms with Crippen LogP contribution in [-0.4, -0.2) is 25.2 Å². The first-order valence-corrected chi connectivity index (χ1v) is 8.22. The van der Waals surface area contributed by atoms with Crippen molar-refractivity contribution in [2.75, 3.05) is 18.2 Å². The molecule has 0 saturated heterocycles. The van der Waals surface area contributed by atoms with Gasteiger partial charge in [0, 0.05) is 38.2 Å². The lowest BCUT2D eigenvalue weighted by Crippen LogP contribution is -2.33. The number of fused-ring (bicyclic) bond motifs is 1. The molecule has 7 heteroatoms. The van der Waals surface area contributed by atoms with Crippen molar-refractivity contribution in [3.05, 3.63) is 53.8 Å². The Morgan fingerprint density at radius 2 is 1.85 bits per heavy atom. The normalized spacial score (nSPS) is 11.9. The summed E-state index contributed by atoms with van der Waals surface area (Å²) in [6.07, 6.45) is 0.148. The second-order valence-corrected chi connectivity index (χ2v) is 5.86. The minimum atomic E-state index is -0.319. The van der Waals surface area contributed by atoms with Crippen LogP contribution in [0.2, 0.25) is 0 Å². The van der Waals surface area contributed by atoms with Gasteiger partial charge < -0.3 is 19.7 Å². The number of anilines is 1. The van der Waals surface area contributed by atoms with Gasteiger partial charge in [0.25, 0.3) is 0 Å². The largest absolute Gasteiger partial charge is 0.454 e. The maximum Gasteiger partial charge on any atom is 0.231 e. The summed E-state index contributed by atoms with van der Waals surface area (Å²) in [5, 5.41) is 2.76. The summed E-state index contributed by atoms with van der Waals surface area (Å²) in [5.41, 5.74) is 1.45. The lowest BCUT2D eigenvalue weighted by molar-refractivity contribution is -0.121. The van der Waals surface area contributed by atoms with Crippen LogP contribution in [0.15, 0.2) is 42.5 Å². The van der Waals surface area contributed by atoms with Crippen molar-refractivity contribution < 1.29 is 23.5 Å². The van der Waals surface area contributed by atoms with Crippen molar-refractivity contribution in [3.8, 4) is 11.5 Å². The summed E-state index contributed by atoms with van der Waals surface area (Å²) in [4.78, 5) is 25.5. The zero-order valence-electron chi connectivity index (χ0n) is 14.3. The Hall–Kier alpha value is -3.09. The molecule has 1 aliphatic rings. The van der Waals surface area contributed by atoms with Gasteiger partial charge in [0.1, 0.15) is 5.82 Å². The monoisotopic (exact) mass is 358 g/mol. The molecule has 0 saturated carbocycles. The molecule has 0 spiro atoms. The van der Waals surface area contributed by atoms with Crippen LogP contribution in [0, 0.1) is 5.82 Å². The molecule has 0 fully saturated rings. The van der Waals surface area contributed by atoms with E-state index in [1.807, 2.05) is 0 Å². The van der Waals surface area contributed by atoms with Crippen LogP contribution in [0.3, 0.4) is 0 Å². The van der Waals surface area contributed by atoms with Crippen LogP contribution in [0.4, 0.5) is 10.1 Å². The molecule has 1 aliphatic heterocycles. The average Bonchev–Trinajstić information content (AvgIpc) is 3.09. The molecule has 1 heterocycles. The van der Waals surface area contributed by atoms with Crippen molar-refractivity contribution in [2.45, 2.75) is 19.9 Å². The van der Waals surface area contributed by atoms with Gasteiger partial charge in [0.2, 0.25) is 18.6 Å². The van der Waals surface area contributed by atoms with Crippen molar-refractivity contribution in [1.29, 1.82) is 0 Å². The van der Waals surface area contributed by atoms with E-state index in [9.17, 15) is 14.0 Å². The molecule has 136 valence electrons. The fourth-order valence-electron chi connectivity index (χ4n) is 2.63. The van der Waals surface area contributed by atoms with Crippen LogP contribution in [0.5, 0.6) is 11.5 Å². The highest BCUT2D eigenvalue weighted by Crippen LogP contribution is 2.35. The fraction of sp³-hybridized carbons (Fsp3) is 0.263. The zero-order chi connectivity index (χ0) is 18.5. The molecule has 2 aromatic rings. The number of hydrogen-bond donors (Lipinski definition) is 1. The van der Waals surface area contributed by atoms with Gasteiger partial charge in [-0.05, 0) is 29.8 Å². The number of nitrogens with one attached hydrogen (secondary N) is 1. The van der Waals surface area contributed by atoms with E-state index >= 15 is 0 Å². The highest BCUT2D eigenvalue weighted by molar-refractivity contribution is 5.92. The third kappa shape index (κ3) is 4.30. The topological polar surface area (TPSA) is 67.9 Å². The Bertz CT molecular complexity index is 808. The number of halogens is 1. The average molecular weight is 358 g/mol. The third-order valence-corrected chi connectivity index (χ3v) is 4.01. The molecule has 0 atom stereocenters. The van der Waals surface area contributed by atoms with E-state index in [0.29, 0.717) is 23.7 Å². The van der Waals surface area contributed by atoms with E-state index < -0.39 is 0 Å². The van der Waals surface area contributed by atoms with E-state index in [-0.39, 0.29) is 37.4 Å². The van der Waals surface area contributed by atoms with E-state index in [2.05, 4.69) is 5.32 Å². The zero-order valence-corrected chi connectivity index (χ0v) is 14.3. The molecule has 2 aromatic carbocycles. The van der Waals surface area contributed by atoms with Crippen LogP contribution >= 0.6 is 0 Å². The Kier molecular flexibility index (Phi) is 5.36. The van der Waals surface area contributed by atoms with E-state index in [1.54, 1.807) is 30.3 Å². The molecule has 6 nitrogen and oxygen atoms in total. The number of rotatable bonds is 6. The number of amides is 2. The molecule has 0 unspecified atom stereocenters. The second-order valence-electron chi connectivity index (χ2n) is 5.86. The van der Waals surface area contributed by atoms with Gasteiger partial charge in [-0.15, -0.1) is 0 Å². The first-order valence-electron chi connectivity index (χ1n) is 8.22.